The molecule has 0 bridgehead atoms. The van der Waals surface area contributed by atoms with Gasteiger partial charge in [0.1, 0.15) is 0 Å². The van der Waals surface area contributed by atoms with Gasteiger partial charge in [-0.2, -0.15) is 0 Å². The average molecular weight is 747 g/mol. The topological polar surface area (TPSA) is 0 Å². The summed E-state index contributed by atoms with van der Waals surface area (Å²) in [6, 6.07) is 64.4. The Bertz CT molecular complexity index is 2750. The highest BCUT2D eigenvalue weighted by molar-refractivity contribution is 6.21. The molecule has 0 fully saturated rings. The zero-order valence-corrected chi connectivity index (χ0v) is 34.0. The third-order valence-corrected chi connectivity index (χ3v) is 11.0. The third kappa shape index (κ3) is 8.06. The van der Waals surface area contributed by atoms with Crippen LogP contribution in [0.15, 0.2) is 200 Å². The summed E-state index contributed by atoms with van der Waals surface area (Å²) in [5.74, 6) is 0. The van der Waals surface area contributed by atoms with Crippen molar-refractivity contribution in [3.8, 4) is 22.3 Å². The van der Waals surface area contributed by atoms with Gasteiger partial charge in [-0.15, -0.1) is 0 Å². The molecule has 282 valence electrons. The lowest BCUT2D eigenvalue weighted by Gasteiger charge is -2.19. The Morgan fingerprint density at radius 1 is 0.414 bits per heavy atom. The molecule has 0 N–H and O–H groups in total. The van der Waals surface area contributed by atoms with E-state index in [0.717, 1.165) is 12.8 Å². The van der Waals surface area contributed by atoms with Crippen molar-refractivity contribution >= 4 is 44.8 Å². The first-order valence-electron chi connectivity index (χ1n) is 20.7. The highest BCUT2D eigenvalue weighted by atomic mass is 14.2. The SMILES string of the molecule is CC.Cc1ccc2c(-c3ccc(/C=C(\C4=CCCC=C4)c4ccccc4)cc3)c3cc(C)ccc3c(-c3ccc(C=C(c4ccccc4)c4ccccc4)cc3)c2c1. The molecule has 0 heterocycles. The Balaban J connectivity index is 0.00000231. The summed E-state index contributed by atoms with van der Waals surface area (Å²) in [4.78, 5) is 0. The lowest BCUT2D eigenvalue weighted by molar-refractivity contribution is 1.03. The van der Waals surface area contributed by atoms with Crippen LogP contribution in [-0.4, -0.2) is 0 Å². The largest absolute Gasteiger partial charge is 0.0836 e. The molecule has 0 saturated carbocycles. The van der Waals surface area contributed by atoms with Crippen molar-refractivity contribution < 1.29 is 0 Å². The number of benzene rings is 8. The predicted molar refractivity (Wildman–Crippen MR) is 254 cm³/mol. The van der Waals surface area contributed by atoms with E-state index >= 15 is 0 Å². The van der Waals surface area contributed by atoms with E-state index in [1.54, 1.807) is 0 Å². The lowest BCUT2D eigenvalue weighted by atomic mass is 9.84. The van der Waals surface area contributed by atoms with Gasteiger partial charge in [0.15, 0.2) is 0 Å². The monoisotopic (exact) mass is 746 g/mol. The van der Waals surface area contributed by atoms with Gasteiger partial charge in [-0.25, -0.2) is 0 Å². The molecule has 8 aromatic rings. The lowest BCUT2D eigenvalue weighted by Crippen LogP contribution is -1.93. The van der Waals surface area contributed by atoms with Gasteiger partial charge in [-0.05, 0) is 127 Å². The van der Waals surface area contributed by atoms with Crippen LogP contribution in [0.2, 0.25) is 0 Å². The normalized spacial score (nSPS) is 12.5. The van der Waals surface area contributed by atoms with Crippen LogP contribution < -0.4 is 0 Å². The van der Waals surface area contributed by atoms with Gasteiger partial charge < -0.3 is 0 Å². The van der Waals surface area contributed by atoms with E-state index in [0.29, 0.717) is 0 Å². The second kappa shape index (κ2) is 17.6. The molecule has 0 radical (unpaired) electrons. The molecule has 0 saturated heterocycles. The maximum atomic E-state index is 2.37. The molecule has 0 spiro atoms. The molecular formula is C58H50. The molecule has 1 aliphatic carbocycles. The molecule has 1 aliphatic rings. The maximum Gasteiger partial charge on any atom is -0.00263 e. The second-order valence-corrected chi connectivity index (χ2v) is 14.9. The van der Waals surface area contributed by atoms with Gasteiger partial charge in [0.2, 0.25) is 0 Å². The number of fused-ring (bicyclic) bond motifs is 2. The Hall–Kier alpha value is -6.76. The van der Waals surface area contributed by atoms with Crippen LogP contribution in [0.3, 0.4) is 0 Å². The van der Waals surface area contributed by atoms with Crippen LogP contribution in [0, 0.1) is 13.8 Å². The molecular weight excluding hydrogens is 697 g/mol. The summed E-state index contributed by atoms with van der Waals surface area (Å²) in [6.45, 7) is 8.40. The average Bonchev–Trinajstić information content (AvgIpc) is 3.29. The number of allylic oxidation sites excluding steroid dienone is 5. The number of hydrogen-bond acceptors (Lipinski definition) is 0. The molecule has 0 nitrogen and oxygen atoms in total. The number of aryl methyl sites for hydroxylation is 2. The summed E-state index contributed by atoms with van der Waals surface area (Å²) in [6.07, 6.45) is 13.8. The fourth-order valence-electron chi connectivity index (χ4n) is 8.24. The van der Waals surface area contributed by atoms with Gasteiger partial charge in [-0.3, -0.25) is 0 Å². The van der Waals surface area contributed by atoms with Crippen LogP contribution in [-0.2, 0) is 0 Å². The first-order valence-corrected chi connectivity index (χ1v) is 20.7. The van der Waals surface area contributed by atoms with E-state index in [-0.39, 0.29) is 0 Å². The van der Waals surface area contributed by atoms with Crippen LogP contribution in [0.4, 0.5) is 0 Å². The first kappa shape index (κ1) is 38.1. The zero-order valence-electron chi connectivity index (χ0n) is 34.0. The van der Waals surface area contributed by atoms with E-state index in [4.69, 9.17) is 0 Å². The van der Waals surface area contributed by atoms with Gasteiger partial charge in [-0.1, -0.05) is 219 Å². The summed E-state index contributed by atoms with van der Waals surface area (Å²) < 4.78 is 0. The van der Waals surface area contributed by atoms with Crippen molar-refractivity contribution in [2.24, 2.45) is 0 Å². The van der Waals surface area contributed by atoms with Gasteiger partial charge in [0.05, 0.1) is 0 Å². The molecule has 0 amide bonds. The van der Waals surface area contributed by atoms with E-state index < -0.39 is 0 Å². The van der Waals surface area contributed by atoms with Crippen molar-refractivity contribution in [1.82, 2.24) is 0 Å². The Morgan fingerprint density at radius 2 is 0.828 bits per heavy atom. The molecule has 0 heteroatoms. The van der Waals surface area contributed by atoms with Crippen LogP contribution in [0.1, 0.15) is 65.6 Å². The maximum absolute atomic E-state index is 2.37. The third-order valence-electron chi connectivity index (χ3n) is 11.0. The summed E-state index contributed by atoms with van der Waals surface area (Å²) in [5, 5.41) is 5.10. The smallest absolute Gasteiger partial charge is 0.00263 e. The molecule has 8 aromatic carbocycles. The predicted octanol–water partition coefficient (Wildman–Crippen LogP) is 16.4. The van der Waals surface area contributed by atoms with Gasteiger partial charge >= 0.3 is 0 Å². The number of rotatable bonds is 8. The Morgan fingerprint density at radius 3 is 1.24 bits per heavy atom. The van der Waals surface area contributed by atoms with Crippen molar-refractivity contribution in [2.75, 3.05) is 0 Å². The summed E-state index contributed by atoms with van der Waals surface area (Å²) >= 11 is 0. The molecule has 0 atom stereocenters. The first-order chi connectivity index (χ1) is 28.6. The van der Waals surface area contributed by atoms with E-state index in [1.807, 2.05) is 13.8 Å². The van der Waals surface area contributed by atoms with Crippen molar-refractivity contribution in [3.63, 3.8) is 0 Å². The Labute approximate surface area is 344 Å². The van der Waals surface area contributed by atoms with E-state index in [2.05, 4.69) is 220 Å². The number of hydrogen-bond donors (Lipinski definition) is 0. The van der Waals surface area contributed by atoms with Gasteiger partial charge in [0.25, 0.3) is 0 Å². The minimum atomic E-state index is 1.08. The standard InChI is InChI=1S/C56H44.C2H6/c1-39-23-33-49-53(35-39)55(47-29-25-41(26-30-47)37-51(43-15-7-3-8-16-43)44-17-9-4-10-18-44)50-34-24-40(2)36-54(50)56(49)48-31-27-42(28-32-48)38-52(45-19-11-5-12-20-45)46-21-13-6-14-22-46;1-2/h3-5,7-13,15-38H,6,14H2,1-2H3;1-2H3/b52-38-;. The molecule has 58 heavy (non-hydrogen) atoms. The van der Waals surface area contributed by atoms with Crippen molar-refractivity contribution in [3.05, 3.63) is 239 Å². The van der Waals surface area contributed by atoms with Gasteiger partial charge in [0, 0.05) is 0 Å². The Kier molecular flexibility index (Phi) is 11.6. The summed E-state index contributed by atoms with van der Waals surface area (Å²) in [7, 11) is 0. The van der Waals surface area contributed by atoms with Crippen molar-refractivity contribution in [1.29, 1.82) is 0 Å². The molecule has 0 unspecified atom stereocenters. The van der Waals surface area contributed by atoms with Crippen LogP contribution in [0.5, 0.6) is 0 Å². The molecule has 9 rings (SSSR count). The minimum absolute atomic E-state index is 1.08. The minimum Gasteiger partial charge on any atom is -0.0836 e. The molecule has 0 aliphatic heterocycles. The highest BCUT2D eigenvalue weighted by Gasteiger charge is 2.18. The second-order valence-electron chi connectivity index (χ2n) is 14.9. The summed E-state index contributed by atoms with van der Waals surface area (Å²) in [5.41, 5.74) is 17.3. The fourth-order valence-corrected chi connectivity index (χ4v) is 8.24. The van der Waals surface area contributed by atoms with E-state index in [9.17, 15) is 0 Å². The van der Waals surface area contributed by atoms with E-state index in [1.165, 1.54) is 99.5 Å². The zero-order chi connectivity index (χ0) is 39.8. The van der Waals surface area contributed by atoms with Crippen LogP contribution >= 0.6 is 0 Å². The van der Waals surface area contributed by atoms with Crippen LogP contribution in [0.25, 0.3) is 67.1 Å². The van der Waals surface area contributed by atoms with Crippen molar-refractivity contribution in [2.45, 2.75) is 40.5 Å². The molecule has 0 aromatic heterocycles. The fraction of sp³-hybridized carbons (Fsp3) is 0.103. The highest BCUT2D eigenvalue weighted by Crippen LogP contribution is 2.45. The quantitative estimate of drug-likeness (QED) is 0.107.